The Balaban J connectivity index is 2.04. The molecule has 0 radical (unpaired) electrons. The lowest BCUT2D eigenvalue weighted by atomic mass is 10.2. The third kappa shape index (κ3) is 2.07. The van der Waals surface area contributed by atoms with Gasteiger partial charge in [0.15, 0.2) is 0 Å². The molecule has 1 fully saturated rings. The van der Waals surface area contributed by atoms with Crippen LogP contribution in [-0.2, 0) is 0 Å². The molecule has 1 aliphatic carbocycles. The predicted octanol–water partition coefficient (Wildman–Crippen LogP) is 4.54. The maximum Gasteiger partial charge on any atom is 0.143 e. The zero-order valence-corrected chi connectivity index (χ0v) is 11.8. The van der Waals surface area contributed by atoms with Gasteiger partial charge < -0.3 is 9.67 Å². The molecule has 1 saturated carbocycles. The maximum absolute atomic E-state index is 13.5. The molecule has 4 rings (SSSR count). The Morgan fingerprint density at radius 3 is 2.76 bits per heavy atom. The standard InChI is InChI=1S/C16H12ClFN2O/c17-13-5-4-11(21)8-12(13)16-19-14-6-1-9(18)7-15(14)20(16)10-2-3-10/h1,4-8,10,21H,2-3H2. The highest BCUT2D eigenvalue weighted by Gasteiger charge is 2.29. The van der Waals surface area contributed by atoms with Crippen molar-refractivity contribution in [3.05, 3.63) is 47.2 Å². The average Bonchev–Trinajstić information content (AvgIpc) is 3.22. The molecule has 0 saturated heterocycles. The van der Waals surface area contributed by atoms with Crippen LogP contribution < -0.4 is 0 Å². The zero-order chi connectivity index (χ0) is 14.6. The van der Waals surface area contributed by atoms with Crippen LogP contribution in [0.2, 0.25) is 5.02 Å². The summed E-state index contributed by atoms with van der Waals surface area (Å²) in [7, 11) is 0. The van der Waals surface area contributed by atoms with Gasteiger partial charge in [0, 0.05) is 11.6 Å². The van der Waals surface area contributed by atoms with Crippen LogP contribution in [0.25, 0.3) is 22.4 Å². The quantitative estimate of drug-likeness (QED) is 0.755. The summed E-state index contributed by atoms with van der Waals surface area (Å²) in [4.78, 5) is 4.59. The number of halogens is 2. The molecule has 0 amide bonds. The van der Waals surface area contributed by atoms with Crippen molar-refractivity contribution in [3.8, 4) is 17.1 Å². The van der Waals surface area contributed by atoms with Crippen LogP contribution in [-0.4, -0.2) is 14.7 Å². The van der Waals surface area contributed by atoms with Crippen molar-refractivity contribution in [1.82, 2.24) is 9.55 Å². The molecule has 0 unspecified atom stereocenters. The Kier molecular flexibility index (Phi) is 2.69. The van der Waals surface area contributed by atoms with Gasteiger partial charge in [0.1, 0.15) is 17.4 Å². The van der Waals surface area contributed by atoms with Crippen molar-refractivity contribution in [2.24, 2.45) is 0 Å². The van der Waals surface area contributed by atoms with E-state index in [4.69, 9.17) is 11.6 Å². The first kappa shape index (κ1) is 12.7. The Morgan fingerprint density at radius 2 is 2.00 bits per heavy atom. The summed E-state index contributed by atoms with van der Waals surface area (Å²) in [6.07, 6.45) is 2.09. The van der Waals surface area contributed by atoms with E-state index in [0.29, 0.717) is 22.5 Å². The molecular weight excluding hydrogens is 291 g/mol. The molecule has 1 aliphatic rings. The van der Waals surface area contributed by atoms with Crippen LogP contribution in [0.3, 0.4) is 0 Å². The minimum atomic E-state index is -0.280. The van der Waals surface area contributed by atoms with Crippen LogP contribution in [0, 0.1) is 5.82 Å². The van der Waals surface area contributed by atoms with Crippen LogP contribution in [0.15, 0.2) is 36.4 Å². The Hall–Kier alpha value is -2.07. The highest BCUT2D eigenvalue weighted by Crippen LogP contribution is 2.43. The smallest absolute Gasteiger partial charge is 0.143 e. The van der Waals surface area contributed by atoms with Gasteiger partial charge in [0.25, 0.3) is 0 Å². The van der Waals surface area contributed by atoms with E-state index < -0.39 is 0 Å². The van der Waals surface area contributed by atoms with Gasteiger partial charge in [-0.05, 0) is 49.2 Å². The van der Waals surface area contributed by atoms with E-state index in [2.05, 4.69) is 4.98 Å². The first-order chi connectivity index (χ1) is 10.1. The SMILES string of the molecule is Oc1ccc(Cl)c(-c2nc3ccc(F)cc3n2C2CC2)c1. The van der Waals surface area contributed by atoms with E-state index in [-0.39, 0.29) is 11.6 Å². The van der Waals surface area contributed by atoms with Crippen LogP contribution in [0.5, 0.6) is 5.75 Å². The monoisotopic (exact) mass is 302 g/mol. The van der Waals surface area contributed by atoms with Crippen LogP contribution in [0.1, 0.15) is 18.9 Å². The molecule has 106 valence electrons. The lowest BCUT2D eigenvalue weighted by Crippen LogP contribution is -1.98. The topological polar surface area (TPSA) is 38.1 Å². The molecule has 1 aromatic heterocycles. The van der Waals surface area contributed by atoms with E-state index >= 15 is 0 Å². The van der Waals surface area contributed by atoms with E-state index in [0.717, 1.165) is 23.9 Å². The minimum absolute atomic E-state index is 0.134. The molecule has 3 nitrogen and oxygen atoms in total. The van der Waals surface area contributed by atoms with Crippen molar-refractivity contribution >= 4 is 22.6 Å². The Labute approximate surface area is 125 Å². The van der Waals surface area contributed by atoms with Gasteiger partial charge in [-0.2, -0.15) is 0 Å². The number of imidazole rings is 1. The summed E-state index contributed by atoms with van der Waals surface area (Å²) < 4.78 is 15.6. The summed E-state index contributed by atoms with van der Waals surface area (Å²) in [5.74, 6) is 0.534. The fraction of sp³-hybridized carbons (Fsp3) is 0.188. The molecule has 21 heavy (non-hydrogen) atoms. The number of hydrogen-bond acceptors (Lipinski definition) is 2. The number of rotatable bonds is 2. The Bertz CT molecular complexity index is 855. The van der Waals surface area contributed by atoms with E-state index in [1.54, 1.807) is 18.2 Å². The second-order valence-corrected chi connectivity index (χ2v) is 5.74. The highest BCUT2D eigenvalue weighted by atomic mass is 35.5. The van der Waals surface area contributed by atoms with Crippen molar-refractivity contribution in [3.63, 3.8) is 0 Å². The first-order valence-electron chi connectivity index (χ1n) is 6.80. The second kappa shape index (κ2) is 4.46. The highest BCUT2D eigenvalue weighted by molar-refractivity contribution is 6.33. The molecule has 0 bridgehead atoms. The van der Waals surface area contributed by atoms with Gasteiger partial charge in [0.2, 0.25) is 0 Å². The minimum Gasteiger partial charge on any atom is -0.508 e. The molecule has 3 aromatic rings. The number of fused-ring (bicyclic) bond motifs is 1. The van der Waals surface area contributed by atoms with Crippen molar-refractivity contribution in [2.45, 2.75) is 18.9 Å². The number of phenols is 1. The number of hydrogen-bond donors (Lipinski definition) is 1. The average molecular weight is 303 g/mol. The summed E-state index contributed by atoms with van der Waals surface area (Å²) in [5, 5.41) is 10.2. The van der Waals surface area contributed by atoms with Crippen LogP contribution in [0.4, 0.5) is 4.39 Å². The number of benzene rings is 2. The van der Waals surface area contributed by atoms with Gasteiger partial charge in [-0.25, -0.2) is 9.37 Å². The normalized spacial score (nSPS) is 14.8. The Morgan fingerprint density at radius 1 is 1.19 bits per heavy atom. The third-order valence-electron chi connectivity index (χ3n) is 3.75. The molecule has 1 heterocycles. The number of phenolic OH excluding ortho intramolecular Hbond substituents is 1. The van der Waals surface area contributed by atoms with Crippen molar-refractivity contribution in [2.75, 3.05) is 0 Å². The summed E-state index contributed by atoms with van der Waals surface area (Å²) in [6, 6.07) is 9.67. The van der Waals surface area contributed by atoms with Gasteiger partial charge >= 0.3 is 0 Å². The zero-order valence-electron chi connectivity index (χ0n) is 11.1. The van der Waals surface area contributed by atoms with Crippen molar-refractivity contribution < 1.29 is 9.50 Å². The fourth-order valence-electron chi connectivity index (χ4n) is 2.64. The van der Waals surface area contributed by atoms with E-state index in [1.165, 1.54) is 18.2 Å². The van der Waals surface area contributed by atoms with Crippen molar-refractivity contribution in [1.29, 1.82) is 0 Å². The van der Waals surface area contributed by atoms with Gasteiger partial charge in [-0.1, -0.05) is 11.6 Å². The molecule has 5 heteroatoms. The number of aromatic hydroxyl groups is 1. The molecule has 2 aromatic carbocycles. The number of aromatic nitrogens is 2. The summed E-state index contributed by atoms with van der Waals surface area (Å²) in [5.41, 5.74) is 2.17. The molecule has 0 spiro atoms. The molecular formula is C16H12ClFN2O. The fourth-order valence-corrected chi connectivity index (χ4v) is 2.85. The van der Waals surface area contributed by atoms with Gasteiger partial charge in [0.05, 0.1) is 16.1 Å². The summed E-state index contributed by atoms with van der Waals surface area (Å²) >= 11 is 6.25. The van der Waals surface area contributed by atoms with Gasteiger partial charge in [-0.3, -0.25) is 0 Å². The lowest BCUT2D eigenvalue weighted by Gasteiger charge is -2.09. The van der Waals surface area contributed by atoms with Crippen LogP contribution >= 0.6 is 11.6 Å². The van der Waals surface area contributed by atoms with E-state index in [1.807, 2.05) is 4.57 Å². The predicted molar refractivity (Wildman–Crippen MR) is 80.1 cm³/mol. The molecule has 0 aliphatic heterocycles. The molecule has 1 N–H and O–H groups in total. The van der Waals surface area contributed by atoms with E-state index in [9.17, 15) is 9.50 Å². The number of nitrogens with zero attached hydrogens (tertiary/aromatic N) is 2. The largest absolute Gasteiger partial charge is 0.508 e. The maximum atomic E-state index is 13.5. The second-order valence-electron chi connectivity index (χ2n) is 5.33. The lowest BCUT2D eigenvalue weighted by molar-refractivity contribution is 0.475. The molecule has 0 atom stereocenters. The third-order valence-corrected chi connectivity index (χ3v) is 4.08. The summed E-state index contributed by atoms with van der Waals surface area (Å²) in [6.45, 7) is 0. The van der Waals surface area contributed by atoms with Gasteiger partial charge in [-0.15, -0.1) is 0 Å². The first-order valence-corrected chi connectivity index (χ1v) is 7.17.